The highest BCUT2D eigenvalue weighted by Gasteiger charge is 2.34. The minimum absolute atomic E-state index is 0.0829. The van der Waals surface area contributed by atoms with Crippen molar-refractivity contribution in [3.63, 3.8) is 0 Å². The molecule has 0 spiro atoms. The van der Waals surface area contributed by atoms with Crippen LogP contribution in [0.2, 0.25) is 0 Å². The number of carbonyl (C=O) groups excluding carboxylic acids is 2. The summed E-state index contributed by atoms with van der Waals surface area (Å²) in [4.78, 5) is 27.7. The van der Waals surface area contributed by atoms with Gasteiger partial charge in [0.1, 0.15) is 11.3 Å². The largest absolute Gasteiger partial charge is 0.443 e. The van der Waals surface area contributed by atoms with Gasteiger partial charge in [0, 0.05) is 11.3 Å². The van der Waals surface area contributed by atoms with Crippen molar-refractivity contribution in [2.45, 2.75) is 6.18 Å². The zero-order valence-electron chi connectivity index (χ0n) is 12.7. The summed E-state index contributed by atoms with van der Waals surface area (Å²) in [5.41, 5.74) is -0.935. The van der Waals surface area contributed by atoms with E-state index >= 15 is 0 Å². The van der Waals surface area contributed by atoms with Gasteiger partial charge >= 0.3 is 12.2 Å². The van der Waals surface area contributed by atoms with Crippen LogP contribution in [-0.2, 0) is 6.18 Å². The van der Waals surface area contributed by atoms with Crippen LogP contribution in [0.1, 0.15) is 15.9 Å². The van der Waals surface area contributed by atoms with Gasteiger partial charge in [0.2, 0.25) is 0 Å². The van der Waals surface area contributed by atoms with E-state index in [1.165, 1.54) is 24.6 Å². The van der Waals surface area contributed by atoms with Crippen molar-refractivity contribution in [3.05, 3.63) is 59.7 Å². The fourth-order valence-corrected chi connectivity index (χ4v) is 2.15. The summed E-state index contributed by atoms with van der Waals surface area (Å²) in [6.07, 6.45) is -3.73. The topological polar surface area (TPSA) is 84.2 Å². The van der Waals surface area contributed by atoms with Crippen LogP contribution < -0.4 is 10.6 Å². The lowest BCUT2D eigenvalue weighted by molar-refractivity contribution is -0.139. The van der Waals surface area contributed by atoms with Crippen molar-refractivity contribution in [1.82, 2.24) is 10.3 Å². The molecule has 1 heterocycles. The molecule has 3 amide bonds. The maximum absolute atomic E-state index is 13.2. The van der Waals surface area contributed by atoms with Gasteiger partial charge in [0.15, 0.2) is 12.0 Å². The number of oxazole rings is 1. The number of rotatable bonds is 2. The molecule has 2 N–H and O–H groups in total. The van der Waals surface area contributed by atoms with E-state index in [2.05, 4.69) is 4.98 Å². The molecule has 10 heteroatoms. The lowest BCUT2D eigenvalue weighted by Crippen LogP contribution is -2.34. The number of carbonyl (C=O) groups is 2. The summed E-state index contributed by atoms with van der Waals surface area (Å²) < 4.78 is 56.2. The first-order valence-electron chi connectivity index (χ1n) is 7.06. The summed E-state index contributed by atoms with van der Waals surface area (Å²) >= 11 is 0. The second-order valence-electron chi connectivity index (χ2n) is 5.14. The quantitative estimate of drug-likeness (QED) is 0.672. The highest BCUT2D eigenvalue weighted by molar-refractivity contribution is 6.08. The number of nitrogens with one attached hydrogen (secondary N) is 2. The molecule has 0 aliphatic rings. The van der Waals surface area contributed by atoms with E-state index in [1.807, 2.05) is 10.6 Å². The first-order chi connectivity index (χ1) is 12.2. The molecule has 0 aliphatic heterocycles. The predicted octanol–water partition coefficient (Wildman–Crippen LogP) is 3.95. The molecule has 0 radical (unpaired) electrons. The fraction of sp³-hybridized carbons (Fsp3) is 0.0625. The van der Waals surface area contributed by atoms with Crippen LogP contribution in [0.4, 0.5) is 28.0 Å². The highest BCUT2D eigenvalue weighted by atomic mass is 19.4. The Morgan fingerprint density at radius 2 is 1.85 bits per heavy atom. The average molecular weight is 367 g/mol. The van der Waals surface area contributed by atoms with Crippen molar-refractivity contribution in [3.8, 4) is 0 Å². The zero-order chi connectivity index (χ0) is 18.9. The van der Waals surface area contributed by atoms with Gasteiger partial charge in [-0.15, -0.1) is 0 Å². The van der Waals surface area contributed by atoms with Crippen molar-refractivity contribution in [2.75, 3.05) is 5.32 Å². The molecule has 0 fully saturated rings. The van der Waals surface area contributed by atoms with Gasteiger partial charge in [-0.25, -0.2) is 14.2 Å². The van der Waals surface area contributed by atoms with Gasteiger partial charge in [-0.05, 0) is 36.4 Å². The molecular formula is C16H9F4N3O3. The van der Waals surface area contributed by atoms with Gasteiger partial charge in [0.25, 0.3) is 5.91 Å². The molecule has 134 valence electrons. The summed E-state index contributed by atoms with van der Waals surface area (Å²) in [5.74, 6) is -2.28. The SMILES string of the molecule is O=C(NC(=O)c1ccc2ncoc2c1)Nc1ccc(F)c(C(F)(F)F)c1. The third-order valence-corrected chi connectivity index (χ3v) is 3.35. The smallest absolute Gasteiger partial charge is 0.419 e. The van der Waals surface area contributed by atoms with Crippen LogP contribution >= 0.6 is 0 Å². The molecule has 2 aromatic carbocycles. The van der Waals surface area contributed by atoms with E-state index < -0.39 is 29.5 Å². The van der Waals surface area contributed by atoms with Gasteiger partial charge in [-0.1, -0.05) is 0 Å². The maximum atomic E-state index is 13.2. The Hall–Kier alpha value is -3.43. The molecule has 3 aromatic rings. The molecular weight excluding hydrogens is 358 g/mol. The van der Waals surface area contributed by atoms with Crippen LogP contribution in [0.25, 0.3) is 11.1 Å². The van der Waals surface area contributed by atoms with E-state index in [0.717, 1.165) is 6.07 Å². The highest BCUT2D eigenvalue weighted by Crippen LogP contribution is 2.32. The van der Waals surface area contributed by atoms with Crippen molar-refractivity contribution < 1.29 is 31.6 Å². The summed E-state index contributed by atoms with van der Waals surface area (Å²) in [6, 6.07) is 5.11. The van der Waals surface area contributed by atoms with Crippen LogP contribution in [0, 0.1) is 5.82 Å². The Morgan fingerprint density at radius 1 is 1.08 bits per heavy atom. The number of amides is 3. The van der Waals surface area contributed by atoms with E-state index in [0.29, 0.717) is 23.2 Å². The van der Waals surface area contributed by atoms with Crippen molar-refractivity contribution >= 4 is 28.7 Å². The first kappa shape index (κ1) is 17.4. The number of nitrogens with zero attached hydrogens (tertiary/aromatic N) is 1. The number of alkyl halides is 3. The van der Waals surface area contributed by atoms with Crippen molar-refractivity contribution in [1.29, 1.82) is 0 Å². The van der Waals surface area contributed by atoms with Crippen LogP contribution in [0.15, 0.2) is 47.2 Å². The molecule has 0 bridgehead atoms. The molecule has 3 rings (SSSR count). The normalized spacial score (nSPS) is 11.4. The number of halogens is 4. The number of aromatic nitrogens is 1. The molecule has 26 heavy (non-hydrogen) atoms. The molecule has 0 saturated carbocycles. The molecule has 0 unspecified atom stereocenters. The second-order valence-corrected chi connectivity index (χ2v) is 5.14. The lowest BCUT2D eigenvalue weighted by Gasteiger charge is -2.11. The van der Waals surface area contributed by atoms with E-state index in [9.17, 15) is 27.2 Å². The van der Waals surface area contributed by atoms with Crippen LogP contribution in [0.3, 0.4) is 0 Å². The molecule has 0 saturated heterocycles. The summed E-state index contributed by atoms with van der Waals surface area (Å²) in [6.45, 7) is 0. The summed E-state index contributed by atoms with van der Waals surface area (Å²) in [5, 5.41) is 3.99. The average Bonchev–Trinajstić information content (AvgIpc) is 3.03. The van der Waals surface area contributed by atoms with Gasteiger partial charge in [-0.2, -0.15) is 13.2 Å². The predicted molar refractivity (Wildman–Crippen MR) is 81.9 cm³/mol. The first-order valence-corrected chi connectivity index (χ1v) is 7.06. The third-order valence-electron chi connectivity index (χ3n) is 3.35. The molecule has 0 aliphatic carbocycles. The Labute approximate surface area is 142 Å². The van der Waals surface area contributed by atoms with E-state index in [1.54, 1.807) is 0 Å². The number of hydrogen-bond donors (Lipinski definition) is 2. The van der Waals surface area contributed by atoms with Gasteiger partial charge < -0.3 is 9.73 Å². The number of benzene rings is 2. The molecule has 1 aromatic heterocycles. The molecule has 0 atom stereocenters. The Balaban J connectivity index is 1.71. The Morgan fingerprint density at radius 3 is 2.58 bits per heavy atom. The number of hydrogen-bond acceptors (Lipinski definition) is 4. The standard InChI is InChI=1S/C16H9F4N3O3/c17-11-3-2-9(6-10(11)16(18,19)20)22-15(25)23-14(24)8-1-4-12-13(5-8)26-7-21-12/h1-7H,(H2,22,23,24,25). The van der Waals surface area contributed by atoms with Gasteiger partial charge in [0.05, 0.1) is 5.56 Å². The molecule has 6 nitrogen and oxygen atoms in total. The minimum atomic E-state index is -4.92. The maximum Gasteiger partial charge on any atom is 0.419 e. The monoisotopic (exact) mass is 367 g/mol. The lowest BCUT2D eigenvalue weighted by atomic mass is 10.2. The zero-order valence-corrected chi connectivity index (χ0v) is 12.7. The third kappa shape index (κ3) is 3.63. The van der Waals surface area contributed by atoms with Crippen LogP contribution in [-0.4, -0.2) is 16.9 Å². The fourth-order valence-electron chi connectivity index (χ4n) is 2.15. The number of anilines is 1. The second kappa shape index (κ2) is 6.47. The number of imide groups is 1. The Bertz CT molecular complexity index is 998. The number of fused-ring (bicyclic) bond motifs is 1. The Kier molecular flexibility index (Phi) is 4.33. The minimum Gasteiger partial charge on any atom is -0.443 e. The van der Waals surface area contributed by atoms with Crippen molar-refractivity contribution in [2.24, 2.45) is 0 Å². The van der Waals surface area contributed by atoms with E-state index in [4.69, 9.17) is 4.42 Å². The summed E-state index contributed by atoms with van der Waals surface area (Å²) in [7, 11) is 0. The number of urea groups is 1. The van der Waals surface area contributed by atoms with E-state index in [-0.39, 0.29) is 11.3 Å². The van der Waals surface area contributed by atoms with Crippen LogP contribution in [0.5, 0.6) is 0 Å². The van der Waals surface area contributed by atoms with Gasteiger partial charge in [-0.3, -0.25) is 10.1 Å².